The van der Waals surface area contributed by atoms with Gasteiger partial charge >= 0.3 is 0 Å². The molecule has 3 aromatic rings. The van der Waals surface area contributed by atoms with Gasteiger partial charge in [0.1, 0.15) is 17.4 Å². The lowest BCUT2D eigenvalue weighted by atomic mass is 9.94. The largest absolute Gasteiger partial charge is 0.497 e. The third kappa shape index (κ3) is 3.63. The average Bonchev–Trinajstić information content (AvgIpc) is 2.72. The second-order valence-electron chi connectivity index (χ2n) is 6.69. The molecular weight excluding hydrogens is 368 g/mol. The number of benzene rings is 2. The highest BCUT2D eigenvalue weighted by molar-refractivity contribution is 6.12. The van der Waals surface area contributed by atoms with Crippen molar-refractivity contribution in [2.45, 2.75) is 20.4 Å². The van der Waals surface area contributed by atoms with Crippen LogP contribution in [0.1, 0.15) is 38.2 Å². The number of hydrogen-bond acceptors (Lipinski definition) is 5. The Morgan fingerprint density at radius 1 is 1.14 bits per heavy atom. The number of aromatic hydroxyl groups is 1. The first kappa shape index (κ1) is 19.9. The number of nitriles is 1. The summed E-state index contributed by atoms with van der Waals surface area (Å²) in [5.74, 6) is -0.226. The van der Waals surface area contributed by atoms with E-state index in [1.165, 1.54) is 6.92 Å². The zero-order valence-corrected chi connectivity index (χ0v) is 16.4. The van der Waals surface area contributed by atoms with Crippen LogP contribution in [-0.2, 0) is 6.54 Å². The van der Waals surface area contributed by atoms with Crippen molar-refractivity contribution >= 4 is 5.78 Å². The normalized spacial score (nSPS) is 10.4. The van der Waals surface area contributed by atoms with Crippen LogP contribution in [0.3, 0.4) is 0 Å². The van der Waals surface area contributed by atoms with Crippen LogP contribution in [0.5, 0.6) is 11.6 Å². The number of carbonyl (C=O) groups is 1. The number of pyridine rings is 1. The molecule has 0 aliphatic carbocycles. The van der Waals surface area contributed by atoms with Gasteiger partial charge in [0.25, 0.3) is 5.56 Å². The van der Waals surface area contributed by atoms with Gasteiger partial charge in [0, 0.05) is 5.56 Å². The molecule has 0 spiro atoms. The summed E-state index contributed by atoms with van der Waals surface area (Å²) in [7, 11) is 1.55. The van der Waals surface area contributed by atoms with Gasteiger partial charge in [0.2, 0.25) is 5.88 Å². The number of aryl methyl sites for hydroxylation is 1. The van der Waals surface area contributed by atoms with Crippen molar-refractivity contribution in [1.29, 1.82) is 5.26 Å². The summed E-state index contributed by atoms with van der Waals surface area (Å²) in [4.78, 5) is 26.0. The summed E-state index contributed by atoms with van der Waals surface area (Å²) >= 11 is 0. The van der Waals surface area contributed by atoms with Crippen LogP contribution in [0.4, 0.5) is 0 Å². The fraction of sp³-hybridized carbons (Fsp3) is 0.174. The average molecular weight is 388 g/mol. The van der Waals surface area contributed by atoms with Crippen molar-refractivity contribution < 1.29 is 14.6 Å². The number of rotatable bonds is 5. The van der Waals surface area contributed by atoms with Gasteiger partial charge in [-0.25, -0.2) is 0 Å². The molecule has 0 atom stereocenters. The van der Waals surface area contributed by atoms with E-state index >= 15 is 0 Å². The first-order chi connectivity index (χ1) is 13.9. The van der Waals surface area contributed by atoms with E-state index in [-0.39, 0.29) is 23.2 Å². The quantitative estimate of drug-likeness (QED) is 0.677. The predicted molar refractivity (Wildman–Crippen MR) is 109 cm³/mol. The zero-order valence-electron chi connectivity index (χ0n) is 16.4. The van der Waals surface area contributed by atoms with Crippen LogP contribution >= 0.6 is 0 Å². The summed E-state index contributed by atoms with van der Waals surface area (Å²) in [6.07, 6.45) is 0. The molecule has 0 aliphatic heterocycles. The number of methoxy groups -OCH3 is 1. The Kier molecular flexibility index (Phi) is 5.51. The van der Waals surface area contributed by atoms with Gasteiger partial charge in [-0.05, 0) is 42.7 Å². The van der Waals surface area contributed by atoms with E-state index in [2.05, 4.69) is 0 Å². The predicted octanol–water partition coefficient (Wildman–Crippen LogP) is 3.33. The van der Waals surface area contributed by atoms with Crippen LogP contribution in [0.2, 0.25) is 0 Å². The maximum absolute atomic E-state index is 13.2. The minimum absolute atomic E-state index is 0.0116. The lowest BCUT2D eigenvalue weighted by Gasteiger charge is -2.16. The van der Waals surface area contributed by atoms with E-state index < -0.39 is 17.2 Å². The van der Waals surface area contributed by atoms with E-state index in [9.17, 15) is 20.0 Å². The SMILES string of the molecule is COc1ccc(Cn2c(O)c(C(=O)c3ccccc3C)c(C)c(C#N)c2=O)cc1. The number of ketones is 1. The fourth-order valence-electron chi connectivity index (χ4n) is 3.25. The molecule has 0 saturated heterocycles. The van der Waals surface area contributed by atoms with E-state index in [4.69, 9.17) is 4.74 Å². The molecule has 0 aliphatic rings. The fourth-order valence-corrected chi connectivity index (χ4v) is 3.25. The summed E-state index contributed by atoms with van der Waals surface area (Å²) in [5, 5.41) is 20.4. The first-order valence-electron chi connectivity index (χ1n) is 8.98. The van der Waals surface area contributed by atoms with Gasteiger partial charge in [-0.2, -0.15) is 5.26 Å². The van der Waals surface area contributed by atoms with Crippen LogP contribution in [0.25, 0.3) is 0 Å². The summed E-state index contributed by atoms with van der Waals surface area (Å²) in [6.45, 7) is 3.30. The number of nitrogens with zero attached hydrogens (tertiary/aromatic N) is 2. The molecule has 1 heterocycles. The van der Waals surface area contributed by atoms with Crippen molar-refractivity contribution in [1.82, 2.24) is 4.57 Å². The van der Waals surface area contributed by atoms with Gasteiger partial charge < -0.3 is 9.84 Å². The van der Waals surface area contributed by atoms with Gasteiger partial charge in [-0.15, -0.1) is 0 Å². The number of aromatic nitrogens is 1. The van der Waals surface area contributed by atoms with Crippen molar-refractivity contribution in [3.63, 3.8) is 0 Å². The topological polar surface area (TPSA) is 92.3 Å². The van der Waals surface area contributed by atoms with Gasteiger partial charge in [0.15, 0.2) is 5.78 Å². The number of carbonyl (C=O) groups excluding carboxylic acids is 1. The Morgan fingerprint density at radius 2 is 1.79 bits per heavy atom. The molecule has 2 aromatic carbocycles. The molecule has 1 aromatic heterocycles. The van der Waals surface area contributed by atoms with Crippen molar-refractivity contribution in [3.05, 3.63) is 92.3 Å². The van der Waals surface area contributed by atoms with Crippen LogP contribution in [0, 0.1) is 25.2 Å². The molecule has 0 radical (unpaired) electrons. The lowest BCUT2D eigenvalue weighted by molar-refractivity contribution is 0.103. The molecule has 1 N–H and O–H groups in total. The molecule has 146 valence electrons. The van der Waals surface area contributed by atoms with Crippen LogP contribution in [-0.4, -0.2) is 22.6 Å². The van der Waals surface area contributed by atoms with Crippen molar-refractivity contribution in [2.24, 2.45) is 0 Å². The molecule has 3 rings (SSSR count). The van der Waals surface area contributed by atoms with Gasteiger partial charge in [-0.3, -0.25) is 14.2 Å². The maximum atomic E-state index is 13.2. The zero-order chi connectivity index (χ0) is 21.1. The molecule has 6 heteroatoms. The minimum atomic E-state index is -0.639. The summed E-state index contributed by atoms with van der Waals surface area (Å²) in [6, 6.07) is 15.8. The smallest absolute Gasteiger partial charge is 0.271 e. The standard InChI is InChI=1S/C23H20N2O4/c1-14-6-4-5-7-18(14)21(26)20-15(2)19(12-24)22(27)25(23(20)28)13-16-8-10-17(29-3)11-9-16/h4-11,28H,13H2,1-3H3. The Hall–Kier alpha value is -3.85. The van der Waals surface area contributed by atoms with Crippen molar-refractivity contribution in [3.8, 4) is 17.7 Å². The lowest BCUT2D eigenvalue weighted by Crippen LogP contribution is -2.27. The highest BCUT2D eigenvalue weighted by Crippen LogP contribution is 2.27. The molecule has 29 heavy (non-hydrogen) atoms. The van der Waals surface area contributed by atoms with Crippen LogP contribution < -0.4 is 10.3 Å². The minimum Gasteiger partial charge on any atom is -0.497 e. The molecule has 0 bridgehead atoms. The summed E-state index contributed by atoms with van der Waals surface area (Å²) in [5.41, 5.74) is 1.20. The van der Waals surface area contributed by atoms with E-state index in [0.717, 1.165) is 10.1 Å². The first-order valence-corrected chi connectivity index (χ1v) is 8.98. The molecule has 0 unspecified atom stereocenters. The van der Waals surface area contributed by atoms with E-state index in [1.54, 1.807) is 56.5 Å². The van der Waals surface area contributed by atoms with Crippen LogP contribution in [0.15, 0.2) is 53.3 Å². The summed E-state index contributed by atoms with van der Waals surface area (Å²) < 4.78 is 6.18. The Labute approximate surface area is 168 Å². The number of ether oxygens (including phenoxy) is 1. The Morgan fingerprint density at radius 3 is 2.38 bits per heavy atom. The Bertz CT molecular complexity index is 1190. The van der Waals surface area contributed by atoms with Gasteiger partial charge in [0.05, 0.1) is 19.2 Å². The highest BCUT2D eigenvalue weighted by atomic mass is 16.5. The third-order valence-corrected chi connectivity index (χ3v) is 4.92. The highest BCUT2D eigenvalue weighted by Gasteiger charge is 2.25. The molecular formula is C23H20N2O4. The van der Waals surface area contributed by atoms with Crippen molar-refractivity contribution in [2.75, 3.05) is 7.11 Å². The maximum Gasteiger partial charge on any atom is 0.271 e. The third-order valence-electron chi connectivity index (χ3n) is 4.92. The molecule has 0 amide bonds. The monoisotopic (exact) mass is 388 g/mol. The van der Waals surface area contributed by atoms with Gasteiger partial charge in [-0.1, -0.05) is 36.4 Å². The van der Waals surface area contributed by atoms with E-state index in [0.29, 0.717) is 16.9 Å². The molecule has 6 nitrogen and oxygen atoms in total. The molecule has 0 saturated carbocycles. The second kappa shape index (κ2) is 8.03. The van der Waals surface area contributed by atoms with E-state index in [1.807, 2.05) is 12.1 Å². The second-order valence-corrected chi connectivity index (χ2v) is 6.69. The Balaban J connectivity index is 2.18. The number of hydrogen-bond donors (Lipinski definition) is 1. The molecule has 0 fully saturated rings.